The summed E-state index contributed by atoms with van der Waals surface area (Å²) in [6.45, 7) is 6.75. The first kappa shape index (κ1) is 20.1. The molecule has 6 heteroatoms. The average Bonchev–Trinajstić information content (AvgIpc) is 2.62. The summed E-state index contributed by atoms with van der Waals surface area (Å²) in [6.07, 6.45) is 1.76. The van der Waals surface area contributed by atoms with E-state index in [1.165, 1.54) is 16.4 Å². The van der Waals surface area contributed by atoms with Crippen LogP contribution in [0.15, 0.2) is 53.4 Å². The van der Waals surface area contributed by atoms with Crippen LogP contribution in [0.3, 0.4) is 0 Å². The summed E-state index contributed by atoms with van der Waals surface area (Å²) in [5.41, 5.74) is 2.18. The van der Waals surface area contributed by atoms with E-state index in [4.69, 9.17) is 0 Å². The zero-order valence-corrected chi connectivity index (χ0v) is 16.3. The van der Waals surface area contributed by atoms with Gasteiger partial charge in [0.15, 0.2) is 0 Å². The molecule has 0 aliphatic heterocycles. The minimum absolute atomic E-state index is 0.211. The Balaban J connectivity index is 2.15. The second-order valence-corrected chi connectivity index (χ2v) is 8.14. The zero-order chi connectivity index (χ0) is 19.2. The predicted octanol–water partition coefficient (Wildman–Crippen LogP) is 4.06. The van der Waals surface area contributed by atoms with Crippen LogP contribution in [0.2, 0.25) is 0 Å². The van der Waals surface area contributed by atoms with Gasteiger partial charge in [0.25, 0.3) is 5.91 Å². The number of hydrogen-bond acceptors (Lipinski definition) is 3. The molecule has 0 saturated carbocycles. The van der Waals surface area contributed by atoms with Crippen molar-refractivity contribution in [2.45, 2.75) is 38.5 Å². The number of anilines is 1. The molecule has 26 heavy (non-hydrogen) atoms. The van der Waals surface area contributed by atoms with Crippen molar-refractivity contribution in [1.29, 1.82) is 0 Å². The van der Waals surface area contributed by atoms with E-state index in [-0.39, 0.29) is 10.8 Å². The fourth-order valence-electron chi connectivity index (χ4n) is 2.64. The quantitative estimate of drug-likeness (QED) is 0.758. The van der Waals surface area contributed by atoms with Crippen LogP contribution in [-0.2, 0) is 10.0 Å². The molecule has 0 unspecified atom stereocenters. The first-order chi connectivity index (χ1) is 12.4. The lowest BCUT2D eigenvalue weighted by atomic mass is 10.2. The Bertz CT molecular complexity index is 846. The second-order valence-electron chi connectivity index (χ2n) is 6.20. The number of aryl methyl sites for hydroxylation is 1. The number of amides is 1. The number of carbonyl (C=O) groups excluding carboxylic acids is 1. The number of hydrogen-bond donors (Lipinski definition) is 1. The third-order valence-corrected chi connectivity index (χ3v) is 6.13. The number of benzene rings is 2. The van der Waals surface area contributed by atoms with Crippen LogP contribution >= 0.6 is 0 Å². The number of nitrogens with one attached hydrogen (secondary N) is 1. The van der Waals surface area contributed by atoms with Crippen molar-refractivity contribution in [1.82, 2.24) is 4.31 Å². The second kappa shape index (κ2) is 8.96. The number of carbonyl (C=O) groups is 1. The summed E-state index contributed by atoms with van der Waals surface area (Å²) >= 11 is 0. The minimum Gasteiger partial charge on any atom is -0.322 e. The van der Waals surface area contributed by atoms with Crippen LogP contribution in [0.25, 0.3) is 0 Å². The molecule has 0 radical (unpaired) electrons. The van der Waals surface area contributed by atoms with Crippen LogP contribution in [0.5, 0.6) is 0 Å². The first-order valence-electron chi connectivity index (χ1n) is 8.86. The molecule has 0 fully saturated rings. The number of unbranched alkanes of at least 4 members (excludes halogenated alkanes) is 1. The third-order valence-electron chi connectivity index (χ3n) is 4.14. The average molecular weight is 375 g/mol. The van der Waals surface area contributed by atoms with Gasteiger partial charge in [0.2, 0.25) is 10.0 Å². The first-order valence-corrected chi connectivity index (χ1v) is 10.3. The number of sulfonamides is 1. The highest BCUT2D eigenvalue weighted by atomic mass is 32.2. The van der Waals surface area contributed by atoms with Crippen LogP contribution < -0.4 is 5.32 Å². The summed E-state index contributed by atoms with van der Waals surface area (Å²) in [4.78, 5) is 12.6. The molecule has 0 spiro atoms. The van der Waals surface area contributed by atoms with Gasteiger partial charge >= 0.3 is 0 Å². The van der Waals surface area contributed by atoms with Crippen molar-refractivity contribution in [3.8, 4) is 0 Å². The van der Waals surface area contributed by atoms with Crippen molar-refractivity contribution < 1.29 is 13.2 Å². The molecule has 0 aromatic heterocycles. The molecule has 0 aliphatic rings. The SMILES string of the molecule is CCCCN(CC)S(=O)(=O)c1ccc(C(=O)Nc2cccc(C)c2)cc1. The molecule has 2 rings (SSSR count). The van der Waals surface area contributed by atoms with Gasteiger partial charge in [0.05, 0.1) is 4.90 Å². The summed E-state index contributed by atoms with van der Waals surface area (Å²) < 4.78 is 26.9. The molecule has 1 amide bonds. The standard InChI is InChI=1S/C20H26N2O3S/c1-4-6-14-22(5-2)26(24,25)19-12-10-17(11-13-19)20(23)21-18-9-7-8-16(3)15-18/h7-13,15H,4-6,14H2,1-3H3,(H,21,23). The highest BCUT2D eigenvalue weighted by Crippen LogP contribution is 2.18. The van der Waals surface area contributed by atoms with Crippen molar-refractivity contribution >= 4 is 21.6 Å². The molecule has 0 atom stereocenters. The van der Waals surface area contributed by atoms with Gasteiger partial charge in [-0.15, -0.1) is 0 Å². The highest BCUT2D eigenvalue weighted by Gasteiger charge is 2.22. The van der Waals surface area contributed by atoms with E-state index in [1.54, 1.807) is 12.1 Å². The summed E-state index contributed by atoms with van der Waals surface area (Å²) in [5, 5.41) is 2.82. The van der Waals surface area contributed by atoms with E-state index < -0.39 is 10.0 Å². The van der Waals surface area contributed by atoms with Crippen molar-refractivity contribution in [2.75, 3.05) is 18.4 Å². The topological polar surface area (TPSA) is 66.5 Å². The predicted molar refractivity (Wildman–Crippen MR) is 105 cm³/mol. The molecule has 0 bridgehead atoms. The smallest absolute Gasteiger partial charge is 0.255 e. The van der Waals surface area contributed by atoms with E-state index in [0.29, 0.717) is 24.3 Å². The lowest BCUT2D eigenvalue weighted by molar-refractivity contribution is 0.102. The van der Waals surface area contributed by atoms with E-state index in [9.17, 15) is 13.2 Å². The Morgan fingerprint density at radius 2 is 1.77 bits per heavy atom. The van der Waals surface area contributed by atoms with E-state index in [0.717, 1.165) is 18.4 Å². The number of rotatable bonds is 8. The van der Waals surface area contributed by atoms with Crippen LogP contribution in [0.4, 0.5) is 5.69 Å². The van der Waals surface area contributed by atoms with E-state index in [2.05, 4.69) is 5.32 Å². The molecule has 0 saturated heterocycles. The Hall–Kier alpha value is -2.18. The van der Waals surface area contributed by atoms with Crippen LogP contribution in [0.1, 0.15) is 42.6 Å². The Kier molecular flexibility index (Phi) is 6.94. The normalized spacial score (nSPS) is 11.5. The molecule has 0 aliphatic carbocycles. The van der Waals surface area contributed by atoms with Gasteiger partial charge in [0.1, 0.15) is 0 Å². The Morgan fingerprint density at radius 3 is 2.35 bits per heavy atom. The summed E-state index contributed by atoms with van der Waals surface area (Å²) in [7, 11) is -3.53. The summed E-state index contributed by atoms with van der Waals surface area (Å²) in [6, 6.07) is 13.6. The molecule has 2 aromatic rings. The monoisotopic (exact) mass is 374 g/mol. The van der Waals surface area contributed by atoms with Crippen LogP contribution in [0, 0.1) is 6.92 Å². The maximum absolute atomic E-state index is 12.7. The molecule has 1 N–H and O–H groups in total. The zero-order valence-electron chi connectivity index (χ0n) is 15.5. The molecule has 140 valence electrons. The fraction of sp³-hybridized carbons (Fsp3) is 0.350. The van der Waals surface area contributed by atoms with Crippen LogP contribution in [-0.4, -0.2) is 31.7 Å². The van der Waals surface area contributed by atoms with Gasteiger partial charge in [-0.2, -0.15) is 4.31 Å². The molecule has 2 aromatic carbocycles. The van der Waals surface area contributed by atoms with Crippen molar-refractivity contribution in [3.63, 3.8) is 0 Å². The van der Waals surface area contributed by atoms with Gasteiger partial charge in [-0.1, -0.05) is 32.4 Å². The van der Waals surface area contributed by atoms with Gasteiger partial charge < -0.3 is 5.32 Å². The van der Waals surface area contributed by atoms with Gasteiger partial charge in [-0.05, 0) is 55.3 Å². The largest absolute Gasteiger partial charge is 0.322 e. The third kappa shape index (κ3) is 4.93. The molecular formula is C20H26N2O3S. The Morgan fingerprint density at radius 1 is 1.08 bits per heavy atom. The lowest BCUT2D eigenvalue weighted by Gasteiger charge is -2.20. The Labute approximate surface area is 156 Å². The minimum atomic E-state index is -3.53. The maximum Gasteiger partial charge on any atom is 0.255 e. The van der Waals surface area contributed by atoms with Gasteiger partial charge in [-0.3, -0.25) is 4.79 Å². The van der Waals surface area contributed by atoms with Crippen molar-refractivity contribution in [3.05, 3.63) is 59.7 Å². The van der Waals surface area contributed by atoms with E-state index >= 15 is 0 Å². The molecule has 5 nitrogen and oxygen atoms in total. The highest BCUT2D eigenvalue weighted by molar-refractivity contribution is 7.89. The lowest BCUT2D eigenvalue weighted by Crippen LogP contribution is -2.31. The fourth-order valence-corrected chi connectivity index (χ4v) is 4.12. The van der Waals surface area contributed by atoms with E-state index in [1.807, 2.05) is 45.0 Å². The summed E-state index contributed by atoms with van der Waals surface area (Å²) in [5.74, 6) is -0.266. The van der Waals surface area contributed by atoms with Gasteiger partial charge in [0, 0.05) is 24.3 Å². The number of nitrogens with zero attached hydrogens (tertiary/aromatic N) is 1. The molecule has 0 heterocycles. The van der Waals surface area contributed by atoms with Gasteiger partial charge in [-0.25, -0.2) is 8.42 Å². The van der Waals surface area contributed by atoms with Crippen molar-refractivity contribution in [2.24, 2.45) is 0 Å². The molecular weight excluding hydrogens is 348 g/mol. The maximum atomic E-state index is 12.7.